The van der Waals surface area contributed by atoms with Crippen LogP contribution in [-0.2, 0) is 11.2 Å². The second-order valence-electron chi connectivity index (χ2n) is 5.43. The van der Waals surface area contributed by atoms with Crippen molar-refractivity contribution >= 4 is 17.3 Å². The molecule has 1 aromatic rings. The van der Waals surface area contributed by atoms with Crippen LogP contribution in [0.15, 0.2) is 18.2 Å². The number of aryl methyl sites for hydroxylation is 1. The lowest BCUT2D eigenvalue weighted by atomic mass is 10.0. The van der Waals surface area contributed by atoms with Gasteiger partial charge in [0.15, 0.2) is 0 Å². The standard InChI is InChI=1S/C16H24N2O/c1-4-5-6-7-14-8-9-16-15(10-14)17-11-12(2)18(16)13(3)19/h8-10,12,17H,4-7,11H2,1-3H3/t12-/m0/s1. The number of nitrogens with zero attached hydrogens (tertiary/aromatic N) is 1. The van der Waals surface area contributed by atoms with E-state index in [4.69, 9.17) is 0 Å². The number of carbonyl (C=O) groups excluding carboxylic acids is 1. The van der Waals surface area contributed by atoms with Gasteiger partial charge < -0.3 is 10.2 Å². The Labute approximate surface area is 116 Å². The molecule has 0 spiro atoms. The molecule has 19 heavy (non-hydrogen) atoms. The van der Waals surface area contributed by atoms with Crippen molar-refractivity contribution < 1.29 is 4.79 Å². The first-order valence-corrected chi connectivity index (χ1v) is 7.30. The number of rotatable bonds is 4. The zero-order valence-corrected chi connectivity index (χ0v) is 12.2. The molecule has 104 valence electrons. The highest BCUT2D eigenvalue weighted by Gasteiger charge is 2.25. The van der Waals surface area contributed by atoms with Gasteiger partial charge in [0.1, 0.15) is 0 Å². The number of benzene rings is 1. The summed E-state index contributed by atoms with van der Waals surface area (Å²) in [5.74, 6) is 0.119. The predicted octanol–water partition coefficient (Wildman–Crippen LogP) is 3.59. The summed E-state index contributed by atoms with van der Waals surface area (Å²) in [6.07, 6.45) is 4.89. The van der Waals surface area contributed by atoms with Gasteiger partial charge in [0.2, 0.25) is 5.91 Å². The molecule has 1 amide bonds. The first-order valence-electron chi connectivity index (χ1n) is 7.30. The lowest BCUT2D eigenvalue weighted by Gasteiger charge is -2.35. The zero-order valence-electron chi connectivity index (χ0n) is 12.2. The van der Waals surface area contributed by atoms with Crippen LogP contribution in [0.3, 0.4) is 0 Å². The van der Waals surface area contributed by atoms with E-state index in [1.165, 1.54) is 24.8 Å². The lowest BCUT2D eigenvalue weighted by Crippen LogP contribution is -2.44. The Morgan fingerprint density at radius 3 is 2.89 bits per heavy atom. The summed E-state index contributed by atoms with van der Waals surface area (Å²) in [6.45, 7) is 6.76. The van der Waals surface area contributed by atoms with Crippen molar-refractivity contribution in [2.24, 2.45) is 0 Å². The Hall–Kier alpha value is -1.51. The summed E-state index contributed by atoms with van der Waals surface area (Å²) in [5, 5.41) is 3.43. The van der Waals surface area contributed by atoms with Gasteiger partial charge in [-0.25, -0.2) is 0 Å². The van der Waals surface area contributed by atoms with E-state index in [0.717, 1.165) is 24.3 Å². The predicted molar refractivity (Wildman–Crippen MR) is 80.8 cm³/mol. The molecule has 3 heteroatoms. The van der Waals surface area contributed by atoms with Crippen LogP contribution in [0.4, 0.5) is 11.4 Å². The first-order chi connectivity index (χ1) is 9.13. The molecule has 0 aromatic heterocycles. The van der Waals surface area contributed by atoms with Gasteiger partial charge in [-0.15, -0.1) is 0 Å². The number of unbranched alkanes of at least 4 members (excludes halogenated alkanes) is 2. The average molecular weight is 260 g/mol. The summed E-state index contributed by atoms with van der Waals surface area (Å²) in [4.78, 5) is 13.7. The topological polar surface area (TPSA) is 32.3 Å². The molecule has 2 rings (SSSR count). The van der Waals surface area contributed by atoms with Crippen molar-refractivity contribution in [3.05, 3.63) is 23.8 Å². The van der Waals surface area contributed by atoms with Crippen LogP contribution >= 0.6 is 0 Å². The number of carbonyl (C=O) groups is 1. The number of nitrogens with one attached hydrogen (secondary N) is 1. The summed E-state index contributed by atoms with van der Waals surface area (Å²) < 4.78 is 0. The molecule has 0 fully saturated rings. The van der Waals surface area contributed by atoms with Crippen molar-refractivity contribution in [2.75, 3.05) is 16.8 Å². The minimum atomic E-state index is 0.119. The molecule has 3 nitrogen and oxygen atoms in total. The van der Waals surface area contributed by atoms with Crippen molar-refractivity contribution in [3.8, 4) is 0 Å². The van der Waals surface area contributed by atoms with Crippen molar-refractivity contribution in [1.29, 1.82) is 0 Å². The smallest absolute Gasteiger partial charge is 0.224 e. The molecule has 0 radical (unpaired) electrons. The summed E-state index contributed by atoms with van der Waals surface area (Å²) in [5.41, 5.74) is 3.48. The molecule has 0 saturated carbocycles. The fraction of sp³-hybridized carbons (Fsp3) is 0.562. The van der Waals surface area contributed by atoms with E-state index in [2.05, 4.69) is 37.4 Å². The van der Waals surface area contributed by atoms with E-state index in [9.17, 15) is 4.79 Å². The van der Waals surface area contributed by atoms with Crippen LogP contribution in [0, 0.1) is 0 Å². The molecular weight excluding hydrogens is 236 g/mol. The van der Waals surface area contributed by atoms with Crippen LogP contribution in [-0.4, -0.2) is 18.5 Å². The summed E-state index contributed by atoms with van der Waals surface area (Å²) in [6, 6.07) is 6.66. The molecule has 1 aliphatic heterocycles. The van der Waals surface area contributed by atoms with Crippen molar-refractivity contribution in [1.82, 2.24) is 0 Å². The molecule has 0 bridgehead atoms. The highest BCUT2D eigenvalue weighted by molar-refractivity contribution is 5.96. The molecule has 0 unspecified atom stereocenters. The Balaban J connectivity index is 2.19. The van der Waals surface area contributed by atoms with Crippen molar-refractivity contribution in [2.45, 2.75) is 52.5 Å². The molecule has 0 aliphatic carbocycles. The Morgan fingerprint density at radius 2 is 2.21 bits per heavy atom. The largest absolute Gasteiger partial charge is 0.381 e. The highest BCUT2D eigenvalue weighted by Crippen LogP contribution is 2.32. The number of hydrogen-bond acceptors (Lipinski definition) is 2. The molecule has 1 heterocycles. The third-order valence-corrected chi connectivity index (χ3v) is 3.76. The quantitative estimate of drug-likeness (QED) is 0.839. The minimum Gasteiger partial charge on any atom is -0.381 e. The maximum atomic E-state index is 11.8. The second-order valence-corrected chi connectivity index (χ2v) is 5.43. The summed E-state index contributed by atoms with van der Waals surface area (Å²) >= 11 is 0. The maximum absolute atomic E-state index is 11.8. The fourth-order valence-electron chi connectivity index (χ4n) is 2.74. The molecule has 1 N–H and O–H groups in total. The van der Waals surface area contributed by atoms with Gasteiger partial charge in [0, 0.05) is 13.5 Å². The van der Waals surface area contributed by atoms with Gasteiger partial charge in [-0.3, -0.25) is 4.79 Å². The summed E-state index contributed by atoms with van der Waals surface area (Å²) in [7, 11) is 0. The SMILES string of the molecule is CCCCCc1ccc2c(c1)NC[C@H](C)N2C(C)=O. The van der Waals surface area contributed by atoms with E-state index >= 15 is 0 Å². The van der Waals surface area contributed by atoms with Crippen LogP contribution < -0.4 is 10.2 Å². The number of anilines is 2. The number of fused-ring (bicyclic) bond motifs is 1. The van der Waals surface area contributed by atoms with Crippen LogP contribution in [0.1, 0.15) is 45.6 Å². The van der Waals surface area contributed by atoms with Gasteiger partial charge in [-0.1, -0.05) is 25.8 Å². The van der Waals surface area contributed by atoms with E-state index in [1.807, 2.05) is 4.90 Å². The normalized spacial score (nSPS) is 17.8. The maximum Gasteiger partial charge on any atom is 0.224 e. The second kappa shape index (κ2) is 6.09. The molecule has 1 aliphatic rings. The van der Waals surface area contributed by atoms with E-state index in [1.54, 1.807) is 6.92 Å². The van der Waals surface area contributed by atoms with Gasteiger partial charge in [0.25, 0.3) is 0 Å². The van der Waals surface area contributed by atoms with Crippen LogP contribution in [0.5, 0.6) is 0 Å². The van der Waals surface area contributed by atoms with Crippen LogP contribution in [0.2, 0.25) is 0 Å². The van der Waals surface area contributed by atoms with E-state index in [0.29, 0.717) is 0 Å². The number of amides is 1. The Kier molecular flexibility index (Phi) is 4.46. The van der Waals surface area contributed by atoms with Gasteiger partial charge in [-0.05, 0) is 37.5 Å². The van der Waals surface area contributed by atoms with E-state index in [-0.39, 0.29) is 11.9 Å². The van der Waals surface area contributed by atoms with Crippen molar-refractivity contribution in [3.63, 3.8) is 0 Å². The lowest BCUT2D eigenvalue weighted by molar-refractivity contribution is -0.116. The van der Waals surface area contributed by atoms with Gasteiger partial charge in [0.05, 0.1) is 17.4 Å². The highest BCUT2D eigenvalue weighted by atomic mass is 16.2. The third-order valence-electron chi connectivity index (χ3n) is 3.76. The molecule has 0 saturated heterocycles. The van der Waals surface area contributed by atoms with E-state index < -0.39 is 0 Å². The zero-order chi connectivity index (χ0) is 13.8. The van der Waals surface area contributed by atoms with Crippen LogP contribution in [0.25, 0.3) is 0 Å². The Morgan fingerprint density at radius 1 is 1.42 bits per heavy atom. The minimum absolute atomic E-state index is 0.119. The van der Waals surface area contributed by atoms with Gasteiger partial charge in [-0.2, -0.15) is 0 Å². The first kappa shape index (κ1) is 13.9. The number of hydrogen-bond donors (Lipinski definition) is 1. The molecule has 1 atom stereocenters. The average Bonchev–Trinajstić information content (AvgIpc) is 2.38. The van der Waals surface area contributed by atoms with Gasteiger partial charge >= 0.3 is 0 Å². The fourth-order valence-corrected chi connectivity index (χ4v) is 2.74. The third kappa shape index (κ3) is 3.09. The monoisotopic (exact) mass is 260 g/mol. The molecular formula is C16H24N2O. The molecule has 1 aromatic carbocycles. The Bertz CT molecular complexity index is 456.